The van der Waals surface area contributed by atoms with Gasteiger partial charge in [0.05, 0.1) is 12.1 Å². The Hall–Kier alpha value is -2.90. The monoisotopic (exact) mass is 410 g/mol. The Balaban J connectivity index is 1.44. The van der Waals surface area contributed by atoms with Crippen LogP contribution in [0.2, 0.25) is 0 Å². The zero-order valence-electron chi connectivity index (χ0n) is 17.4. The third kappa shape index (κ3) is 4.32. The topological polar surface area (TPSA) is 60.6 Å². The van der Waals surface area contributed by atoms with Gasteiger partial charge in [-0.15, -0.1) is 0 Å². The molecule has 0 unspecified atom stereocenters. The van der Waals surface area contributed by atoms with Gasteiger partial charge < -0.3 is 19.9 Å². The number of hydrogen-bond acceptors (Lipinski definition) is 4. The van der Waals surface area contributed by atoms with E-state index in [2.05, 4.69) is 26.2 Å². The Labute approximate surface area is 175 Å². The smallest absolute Gasteiger partial charge is 0.272 e. The van der Waals surface area contributed by atoms with Gasteiger partial charge in [-0.3, -0.25) is 9.69 Å². The number of rotatable bonds is 6. The summed E-state index contributed by atoms with van der Waals surface area (Å²) in [4.78, 5) is 20.5. The normalized spacial score (nSPS) is 15.0. The number of benzene rings is 2. The van der Waals surface area contributed by atoms with Crippen LogP contribution >= 0.6 is 0 Å². The molecule has 4 rings (SSSR count). The van der Waals surface area contributed by atoms with Gasteiger partial charge in [0.15, 0.2) is 0 Å². The molecule has 0 saturated carbocycles. The SMILES string of the molecule is COCCN1CCN(c2cccc(NC(=O)c3cc4c(F)ccc(C)c4[nH]3)c2)CC1. The van der Waals surface area contributed by atoms with Crippen LogP contribution in [0.4, 0.5) is 15.8 Å². The summed E-state index contributed by atoms with van der Waals surface area (Å²) >= 11 is 0. The fraction of sp³-hybridized carbons (Fsp3) is 0.348. The summed E-state index contributed by atoms with van der Waals surface area (Å²) in [6.45, 7) is 7.42. The molecule has 30 heavy (non-hydrogen) atoms. The van der Waals surface area contributed by atoms with E-state index in [1.165, 1.54) is 6.07 Å². The fourth-order valence-corrected chi connectivity index (χ4v) is 3.88. The summed E-state index contributed by atoms with van der Waals surface area (Å²) in [7, 11) is 1.73. The van der Waals surface area contributed by atoms with Crippen molar-refractivity contribution in [3.8, 4) is 0 Å². The van der Waals surface area contributed by atoms with E-state index in [0.717, 1.165) is 56.3 Å². The maximum Gasteiger partial charge on any atom is 0.272 e. The molecule has 0 atom stereocenters. The maximum atomic E-state index is 14.1. The molecule has 7 heteroatoms. The fourth-order valence-electron chi connectivity index (χ4n) is 3.88. The summed E-state index contributed by atoms with van der Waals surface area (Å²) in [5, 5.41) is 3.36. The second-order valence-corrected chi connectivity index (χ2v) is 7.66. The number of anilines is 2. The number of amides is 1. The van der Waals surface area contributed by atoms with Crippen molar-refractivity contribution < 1.29 is 13.9 Å². The highest BCUT2D eigenvalue weighted by Crippen LogP contribution is 2.24. The maximum absolute atomic E-state index is 14.1. The molecule has 0 bridgehead atoms. The number of H-pyrrole nitrogens is 1. The van der Waals surface area contributed by atoms with E-state index >= 15 is 0 Å². The van der Waals surface area contributed by atoms with E-state index in [1.54, 1.807) is 19.2 Å². The molecule has 0 aliphatic carbocycles. The molecule has 0 spiro atoms. The summed E-state index contributed by atoms with van der Waals surface area (Å²) in [6, 6.07) is 12.5. The van der Waals surface area contributed by atoms with Crippen molar-refractivity contribution >= 4 is 28.2 Å². The third-order valence-corrected chi connectivity index (χ3v) is 5.65. The molecule has 1 aliphatic rings. The molecule has 1 aliphatic heterocycles. The van der Waals surface area contributed by atoms with Gasteiger partial charge in [-0.05, 0) is 42.8 Å². The minimum absolute atomic E-state index is 0.286. The molecule has 1 aromatic heterocycles. The average Bonchev–Trinajstić information content (AvgIpc) is 3.23. The number of aryl methyl sites for hydroxylation is 1. The van der Waals surface area contributed by atoms with Crippen LogP contribution in [0.1, 0.15) is 16.1 Å². The van der Waals surface area contributed by atoms with Gasteiger partial charge in [-0.1, -0.05) is 12.1 Å². The van der Waals surface area contributed by atoms with Crippen LogP contribution in [0, 0.1) is 12.7 Å². The molecule has 2 heterocycles. The highest BCUT2D eigenvalue weighted by molar-refractivity contribution is 6.06. The van der Waals surface area contributed by atoms with Crippen molar-refractivity contribution in [3.05, 3.63) is 59.5 Å². The molecule has 158 valence electrons. The van der Waals surface area contributed by atoms with Crippen molar-refractivity contribution in [1.82, 2.24) is 9.88 Å². The minimum Gasteiger partial charge on any atom is -0.383 e. The molecule has 2 aromatic carbocycles. The van der Waals surface area contributed by atoms with Crippen molar-refractivity contribution in [2.24, 2.45) is 0 Å². The standard InChI is InChI=1S/C23H27FN4O2/c1-16-6-7-20(24)19-15-21(26-22(16)19)23(29)25-17-4-3-5-18(14-17)28-10-8-27(9-11-28)12-13-30-2/h3-7,14-15,26H,8-13H2,1-2H3,(H,25,29). The van der Waals surface area contributed by atoms with Crippen LogP contribution in [-0.2, 0) is 4.74 Å². The summed E-state index contributed by atoms with van der Waals surface area (Å²) in [6.07, 6.45) is 0. The number of aromatic amines is 1. The predicted molar refractivity (Wildman–Crippen MR) is 118 cm³/mol. The first-order valence-electron chi connectivity index (χ1n) is 10.2. The van der Waals surface area contributed by atoms with Crippen LogP contribution in [0.5, 0.6) is 0 Å². The lowest BCUT2D eigenvalue weighted by atomic mass is 10.1. The van der Waals surface area contributed by atoms with E-state index in [4.69, 9.17) is 4.74 Å². The number of methoxy groups -OCH3 is 1. The Morgan fingerprint density at radius 1 is 1.17 bits per heavy atom. The minimum atomic E-state index is -0.336. The van der Waals surface area contributed by atoms with Gasteiger partial charge in [-0.2, -0.15) is 0 Å². The lowest BCUT2D eigenvalue weighted by Crippen LogP contribution is -2.47. The first-order chi connectivity index (χ1) is 14.5. The third-order valence-electron chi connectivity index (χ3n) is 5.65. The Kier molecular flexibility index (Phi) is 6.01. The summed E-state index contributed by atoms with van der Waals surface area (Å²) < 4.78 is 19.2. The molecule has 1 saturated heterocycles. The number of piperazine rings is 1. The highest BCUT2D eigenvalue weighted by atomic mass is 19.1. The van der Waals surface area contributed by atoms with E-state index in [0.29, 0.717) is 16.6 Å². The summed E-state index contributed by atoms with van der Waals surface area (Å²) in [5.74, 6) is -0.621. The number of fused-ring (bicyclic) bond motifs is 1. The van der Waals surface area contributed by atoms with E-state index in [9.17, 15) is 9.18 Å². The number of nitrogens with zero attached hydrogens (tertiary/aromatic N) is 2. The molecule has 3 aromatic rings. The largest absolute Gasteiger partial charge is 0.383 e. The van der Waals surface area contributed by atoms with Gasteiger partial charge in [-0.25, -0.2) is 4.39 Å². The van der Waals surface area contributed by atoms with Crippen LogP contribution in [0.3, 0.4) is 0 Å². The van der Waals surface area contributed by atoms with Gasteiger partial charge in [0.2, 0.25) is 0 Å². The number of aromatic nitrogens is 1. The Morgan fingerprint density at radius 3 is 2.70 bits per heavy atom. The number of carbonyl (C=O) groups is 1. The highest BCUT2D eigenvalue weighted by Gasteiger charge is 2.18. The average molecular weight is 410 g/mol. The van der Waals surface area contributed by atoms with Crippen LogP contribution < -0.4 is 10.2 Å². The molecule has 6 nitrogen and oxygen atoms in total. The second-order valence-electron chi connectivity index (χ2n) is 7.66. The van der Waals surface area contributed by atoms with Crippen LogP contribution in [0.25, 0.3) is 10.9 Å². The Morgan fingerprint density at radius 2 is 1.97 bits per heavy atom. The quantitative estimate of drug-likeness (QED) is 0.652. The van der Waals surface area contributed by atoms with Gasteiger partial charge >= 0.3 is 0 Å². The van der Waals surface area contributed by atoms with E-state index < -0.39 is 0 Å². The number of nitrogens with one attached hydrogen (secondary N) is 2. The van der Waals surface area contributed by atoms with Crippen molar-refractivity contribution in [2.75, 3.05) is 56.7 Å². The first kappa shape index (κ1) is 20.4. The predicted octanol–water partition coefficient (Wildman–Crippen LogP) is 3.64. The molecule has 1 amide bonds. The van der Waals surface area contributed by atoms with E-state index in [-0.39, 0.29) is 11.7 Å². The lowest BCUT2D eigenvalue weighted by molar-refractivity contribution is 0.102. The zero-order valence-corrected chi connectivity index (χ0v) is 17.4. The van der Waals surface area contributed by atoms with E-state index in [1.807, 2.05) is 25.1 Å². The Bertz CT molecular complexity index is 1000. The second kappa shape index (κ2) is 8.85. The summed E-state index contributed by atoms with van der Waals surface area (Å²) in [5.41, 5.74) is 3.69. The van der Waals surface area contributed by atoms with Crippen molar-refractivity contribution in [1.29, 1.82) is 0 Å². The molecular formula is C23H27FN4O2. The van der Waals surface area contributed by atoms with Crippen LogP contribution in [0.15, 0.2) is 42.5 Å². The zero-order chi connectivity index (χ0) is 21.1. The molecule has 1 fully saturated rings. The molecule has 0 radical (unpaired) electrons. The molecular weight excluding hydrogens is 383 g/mol. The number of halogens is 1. The van der Waals surface area contributed by atoms with Gasteiger partial charge in [0, 0.05) is 56.6 Å². The first-order valence-corrected chi connectivity index (χ1v) is 10.2. The number of hydrogen-bond donors (Lipinski definition) is 2. The van der Waals surface area contributed by atoms with Gasteiger partial charge in [0.25, 0.3) is 5.91 Å². The van der Waals surface area contributed by atoms with Crippen molar-refractivity contribution in [3.63, 3.8) is 0 Å². The van der Waals surface area contributed by atoms with Crippen molar-refractivity contribution in [2.45, 2.75) is 6.92 Å². The lowest BCUT2D eigenvalue weighted by Gasteiger charge is -2.36. The molecule has 2 N–H and O–H groups in total. The van der Waals surface area contributed by atoms with Crippen LogP contribution in [-0.4, -0.2) is 62.2 Å². The number of ether oxygens (including phenoxy) is 1. The van der Waals surface area contributed by atoms with Gasteiger partial charge in [0.1, 0.15) is 11.5 Å². The number of carbonyl (C=O) groups excluding carboxylic acids is 1.